The monoisotopic (exact) mass is 372 g/mol. The van der Waals surface area contributed by atoms with Crippen LogP contribution in [0.4, 0.5) is 5.82 Å². The van der Waals surface area contributed by atoms with Gasteiger partial charge in [0.1, 0.15) is 17.2 Å². The third-order valence-electron chi connectivity index (χ3n) is 3.51. The number of aryl methyl sites for hydroxylation is 2. The zero-order valence-electron chi connectivity index (χ0n) is 13.0. The summed E-state index contributed by atoms with van der Waals surface area (Å²) in [4.78, 5) is 21.6. The second-order valence-corrected chi connectivity index (χ2v) is 6.32. The van der Waals surface area contributed by atoms with E-state index in [9.17, 15) is 4.79 Å². The van der Waals surface area contributed by atoms with E-state index in [0.717, 1.165) is 34.2 Å². The van der Waals surface area contributed by atoms with Gasteiger partial charge in [-0.15, -0.1) is 0 Å². The number of hydrogen-bond acceptors (Lipinski definition) is 3. The number of aromatic nitrogens is 3. The number of carbonyl (C=O) groups is 1. The van der Waals surface area contributed by atoms with Gasteiger partial charge in [0.2, 0.25) is 0 Å². The van der Waals surface area contributed by atoms with E-state index in [1.165, 1.54) is 0 Å². The van der Waals surface area contributed by atoms with Crippen molar-refractivity contribution in [2.45, 2.75) is 26.7 Å². The van der Waals surface area contributed by atoms with Crippen molar-refractivity contribution in [3.8, 4) is 0 Å². The summed E-state index contributed by atoms with van der Waals surface area (Å²) in [6, 6.07) is 7.53. The Labute approximate surface area is 142 Å². The molecule has 0 spiro atoms. The van der Waals surface area contributed by atoms with Crippen molar-refractivity contribution in [3.05, 3.63) is 58.1 Å². The second kappa shape index (κ2) is 6.50. The number of carbonyl (C=O) groups excluding carboxylic acids is 1. The minimum Gasteiger partial charge on any atom is -0.305 e. The van der Waals surface area contributed by atoms with Crippen LogP contribution in [0.25, 0.3) is 5.65 Å². The molecule has 0 fully saturated rings. The van der Waals surface area contributed by atoms with E-state index >= 15 is 0 Å². The molecule has 0 aromatic carbocycles. The van der Waals surface area contributed by atoms with Gasteiger partial charge in [-0.25, -0.2) is 9.97 Å². The van der Waals surface area contributed by atoms with E-state index in [4.69, 9.17) is 0 Å². The molecule has 3 rings (SSSR count). The highest BCUT2D eigenvalue weighted by Gasteiger charge is 2.19. The quantitative estimate of drug-likeness (QED) is 0.752. The van der Waals surface area contributed by atoms with Crippen LogP contribution in [0.5, 0.6) is 0 Å². The fraction of sp³-hybridized carbons (Fsp3) is 0.235. The molecule has 0 aliphatic heterocycles. The molecular weight excluding hydrogens is 356 g/mol. The van der Waals surface area contributed by atoms with E-state index in [0.29, 0.717) is 11.5 Å². The SMILES string of the molecule is CCCc1nc2ccc(Br)cn2c1C(=O)Nc1ccc(C)cn1. The molecule has 3 aromatic heterocycles. The summed E-state index contributed by atoms with van der Waals surface area (Å²) in [5.74, 6) is 0.336. The van der Waals surface area contributed by atoms with Gasteiger partial charge in [0.05, 0.1) is 5.69 Å². The van der Waals surface area contributed by atoms with E-state index in [1.807, 2.05) is 35.7 Å². The summed E-state index contributed by atoms with van der Waals surface area (Å²) in [5, 5.41) is 2.86. The number of rotatable bonds is 4. The number of pyridine rings is 2. The molecule has 118 valence electrons. The maximum Gasteiger partial charge on any atom is 0.275 e. The van der Waals surface area contributed by atoms with Gasteiger partial charge >= 0.3 is 0 Å². The van der Waals surface area contributed by atoms with Crippen molar-refractivity contribution >= 4 is 33.3 Å². The van der Waals surface area contributed by atoms with Crippen molar-refractivity contribution in [2.75, 3.05) is 5.32 Å². The molecule has 0 radical (unpaired) electrons. The lowest BCUT2D eigenvalue weighted by atomic mass is 10.2. The van der Waals surface area contributed by atoms with Crippen LogP contribution in [0.15, 0.2) is 41.1 Å². The van der Waals surface area contributed by atoms with Gasteiger partial charge in [0.15, 0.2) is 0 Å². The zero-order chi connectivity index (χ0) is 16.4. The lowest BCUT2D eigenvalue weighted by molar-refractivity contribution is 0.102. The van der Waals surface area contributed by atoms with Crippen LogP contribution in [-0.2, 0) is 6.42 Å². The van der Waals surface area contributed by atoms with Gasteiger partial charge in [-0.2, -0.15) is 0 Å². The Hall–Kier alpha value is -2.21. The Bertz CT molecular complexity index is 855. The van der Waals surface area contributed by atoms with Crippen LogP contribution in [0, 0.1) is 6.92 Å². The number of amides is 1. The largest absolute Gasteiger partial charge is 0.305 e. The van der Waals surface area contributed by atoms with E-state index in [2.05, 4.69) is 38.1 Å². The van der Waals surface area contributed by atoms with Gasteiger partial charge < -0.3 is 5.32 Å². The Kier molecular flexibility index (Phi) is 4.43. The highest BCUT2D eigenvalue weighted by molar-refractivity contribution is 9.10. The zero-order valence-corrected chi connectivity index (χ0v) is 14.6. The van der Waals surface area contributed by atoms with E-state index in [-0.39, 0.29) is 5.91 Å². The molecule has 6 heteroatoms. The first-order chi connectivity index (χ1) is 11.1. The first kappa shape index (κ1) is 15.7. The minimum absolute atomic E-state index is 0.199. The molecule has 0 saturated heterocycles. The molecule has 3 aromatic rings. The van der Waals surface area contributed by atoms with Crippen molar-refractivity contribution in [1.29, 1.82) is 0 Å². The van der Waals surface area contributed by atoms with Crippen LogP contribution in [-0.4, -0.2) is 20.3 Å². The summed E-state index contributed by atoms with van der Waals surface area (Å²) in [6.45, 7) is 4.03. The number of nitrogens with zero attached hydrogens (tertiary/aromatic N) is 3. The lowest BCUT2D eigenvalue weighted by Crippen LogP contribution is -2.17. The first-order valence-electron chi connectivity index (χ1n) is 7.49. The first-order valence-corrected chi connectivity index (χ1v) is 8.28. The minimum atomic E-state index is -0.199. The third kappa shape index (κ3) is 3.27. The van der Waals surface area contributed by atoms with Crippen molar-refractivity contribution in [2.24, 2.45) is 0 Å². The summed E-state index contributed by atoms with van der Waals surface area (Å²) >= 11 is 3.45. The summed E-state index contributed by atoms with van der Waals surface area (Å²) in [6.07, 6.45) is 5.27. The summed E-state index contributed by atoms with van der Waals surface area (Å²) in [7, 11) is 0. The number of nitrogens with one attached hydrogen (secondary N) is 1. The van der Waals surface area contributed by atoms with Crippen LogP contribution < -0.4 is 5.32 Å². The fourth-order valence-electron chi connectivity index (χ4n) is 2.44. The average Bonchev–Trinajstić information content (AvgIpc) is 2.87. The molecule has 23 heavy (non-hydrogen) atoms. The topological polar surface area (TPSA) is 59.3 Å². The number of halogens is 1. The van der Waals surface area contributed by atoms with Gasteiger partial charge in [-0.1, -0.05) is 19.4 Å². The molecule has 0 aliphatic carbocycles. The Morgan fingerprint density at radius 2 is 2.13 bits per heavy atom. The Morgan fingerprint density at radius 1 is 1.30 bits per heavy atom. The number of fused-ring (bicyclic) bond motifs is 1. The van der Waals surface area contributed by atoms with Crippen LogP contribution in [0.1, 0.15) is 35.1 Å². The molecule has 3 heterocycles. The number of anilines is 1. The molecule has 5 nitrogen and oxygen atoms in total. The maximum absolute atomic E-state index is 12.8. The Balaban J connectivity index is 2.02. The molecule has 0 aliphatic rings. The number of imidazole rings is 1. The third-order valence-corrected chi connectivity index (χ3v) is 3.98. The van der Waals surface area contributed by atoms with Gasteiger partial charge in [0, 0.05) is 16.9 Å². The average molecular weight is 373 g/mol. The van der Waals surface area contributed by atoms with Gasteiger partial charge in [-0.3, -0.25) is 9.20 Å². The van der Waals surface area contributed by atoms with Gasteiger partial charge in [0.25, 0.3) is 5.91 Å². The molecular formula is C17H17BrN4O. The highest BCUT2D eigenvalue weighted by Crippen LogP contribution is 2.19. The molecule has 0 saturated carbocycles. The molecule has 1 N–H and O–H groups in total. The highest BCUT2D eigenvalue weighted by atomic mass is 79.9. The molecule has 0 atom stereocenters. The Morgan fingerprint density at radius 3 is 2.83 bits per heavy atom. The van der Waals surface area contributed by atoms with Crippen LogP contribution >= 0.6 is 15.9 Å². The summed E-state index contributed by atoms with van der Waals surface area (Å²) in [5.41, 5.74) is 3.17. The van der Waals surface area contributed by atoms with E-state index < -0.39 is 0 Å². The van der Waals surface area contributed by atoms with Crippen molar-refractivity contribution in [3.63, 3.8) is 0 Å². The van der Waals surface area contributed by atoms with Gasteiger partial charge in [-0.05, 0) is 53.0 Å². The number of hydrogen-bond donors (Lipinski definition) is 1. The van der Waals surface area contributed by atoms with Crippen molar-refractivity contribution < 1.29 is 4.79 Å². The fourth-order valence-corrected chi connectivity index (χ4v) is 2.77. The standard InChI is InChI=1S/C17H17BrN4O/c1-3-4-13-16(22-10-12(18)6-8-15(22)20-13)17(23)21-14-7-5-11(2)9-19-14/h5-10H,3-4H2,1-2H3,(H,19,21,23). The molecule has 0 bridgehead atoms. The van der Waals surface area contributed by atoms with Crippen LogP contribution in [0.2, 0.25) is 0 Å². The normalized spacial score (nSPS) is 10.9. The second-order valence-electron chi connectivity index (χ2n) is 5.41. The smallest absolute Gasteiger partial charge is 0.275 e. The van der Waals surface area contributed by atoms with Crippen LogP contribution in [0.3, 0.4) is 0 Å². The maximum atomic E-state index is 12.8. The molecule has 1 amide bonds. The summed E-state index contributed by atoms with van der Waals surface area (Å²) < 4.78 is 2.71. The van der Waals surface area contributed by atoms with E-state index in [1.54, 1.807) is 12.3 Å². The lowest BCUT2D eigenvalue weighted by Gasteiger charge is -2.07. The molecule has 0 unspecified atom stereocenters. The predicted octanol–water partition coefficient (Wildman–Crippen LogP) is 4.01. The van der Waals surface area contributed by atoms with Crippen molar-refractivity contribution in [1.82, 2.24) is 14.4 Å². The predicted molar refractivity (Wildman–Crippen MR) is 93.8 cm³/mol.